The molecule has 0 unspecified atom stereocenters. The summed E-state index contributed by atoms with van der Waals surface area (Å²) in [6.45, 7) is 2.23. The van der Waals surface area contributed by atoms with Gasteiger partial charge in [0.25, 0.3) is 6.47 Å². The van der Waals surface area contributed by atoms with Crippen LogP contribution in [0.3, 0.4) is 0 Å². The Balaban J connectivity index is 0.000000706. The van der Waals surface area contributed by atoms with Gasteiger partial charge in [0.2, 0.25) is 0 Å². The van der Waals surface area contributed by atoms with Gasteiger partial charge in [0, 0.05) is 49.7 Å². The summed E-state index contributed by atoms with van der Waals surface area (Å²) < 4.78 is 34.7. The molecule has 0 amide bonds. The first kappa shape index (κ1) is 20.4. The summed E-state index contributed by atoms with van der Waals surface area (Å²) in [6, 6.07) is 4.44. The van der Waals surface area contributed by atoms with Gasteiger partial charge >= 0.3 is 0 Å². The molecule has 9 heteroatoms. The minimum Gasteiger partial charge on any atom is -0.483 e. The minimum atomic E-state index is -0.865. The van der Waals surface area contributed by atoms with E-state index in [0.29, 0.717) is 30.5 Å². The van der Waals surface area contributed by atoms with Crippen molar-refractivity contribution >= 4 is 6.47 Å². The fraction of sp³-hybridized carbons (Fsp3) is 0.474. The SMILES string of the molecule is O=CO.OCC[C@H]1CN2C[C@H](n3ccnc3-c3ccc(F)c(F)c3)C[C@H]2CO1. The molecule has 2 fully saturated rings. The fourth-order valence-corrected chi connectivity index (χ4v) is 3.90. The lowest BCUT2D eigenvalue weighted by Gasteiger charge is -2.34. The average molecular weight is 395 g/mol. The molecule has 152 valence electrons. The number of hydrogen-bond donors (Lipinski definition) is 2. The molecule has 0 saturated carbocycles. The zero-order valence-electron chi connectivity index (χ0n) is 15.2. The highest BCUT2D eigenvalue weighted by Gasteiger charge is 2.38. The number of morpholine rings is 1. The normalized spacial score (nSPS) is 24.3. The van der Waals surface area contributed by atoms with Crippen LogP contribution in [0.15, 0.2) is 30.6 Å². The van der Waals surface area contributed by atoms with Gasteiger partial charge in [0.15, 0.2) is 11.6 Å². The number of aliphatic hydroxyl groups excluding tert-OH is 1. The predicted molar refractivity (Wildman–Crippen MR) is 96.7 cm³/mol. The summed E-state index contributed by atoms with van der Waals surface area (Å²) in [4.78, 5) is 15.1. The highest BCUT2D eigenvalue weighted by molar-refractivity contribution is 5.55. The number of fused-ring (bicyclic) bond motifs is 1. The molecule has 3 atom stereocenters. The van der Waals surface area contributed by atoms with Gasteiger partial charge in [-0.2, -0.15) is 0 Å². The zero-order chi connectivity index (χ0) is 20.1. The molecule has 0 spiro atoms. The van der Waals surface area contributed by atoms with Crippen LogP contribution in [0.1, 0.15) is 18.9 Å². The van der Waals surface area contributed by atoms with Crippen molar-refractivity contribution in [1.29, 1.82) is 0 Å². The summed E-state index contributed by atoms with van der Waals surface area (Å²) >= 11 is 0. The number of imidazole rings is 1. The Labute approximate surface area is 161 Å². The molecule has 2 N–H and O–H groups in total. The third-order valence-electron chi connectivity index (χ3n) is 5.16. The lowest BCUT2D eigenvalue weighted by molar-refractivity contribution is -0.122. The molecule has 2 saturated heterocycles. The van der Waals surface area contributed by atoms with Crippen LogP contribution < -0.4 is 0 Å². The first-order chi connectivity index (χ1) is 13.6. The van der Waals surface area contributed by atoms with E-state index in [-0.39, 0.29) is 25.2 Å². The number of halogens is 2. The minimum absolute atomic E-state index is 0.0773. The van der Waals surface area contributed by atoms with Crippen LogP contribution in [0, 0.1) is 11.6 Å². The third kappa shape index (κ3) is 4.37. The third-order valence-corrected chi connectivity index (χ3v) is 5.16. The number of nitrogens with zero attached hydrogens (tertiary/aromatic N) is 3. The van der Waals surface area contributed by atoms with E-state index in [1.54, 1.807) is 12.3 Å². The van der Waals surface area contributed by atoms with E-state index in [1.807, 2.05) is 10.8 Å². The number of carboxylic acid groups (broad SMARTS) is 1. The highest BCUT2D eigenvalue weighted by Crippen LogP contribution is 2.34. The van der Waals surface area contributed by atoms with Crippen molar-refractivity contribution in [3.63, 3.8) is 0 Å². The molecule has 0 radical (unpaired) electrons. The number of aromatic nitrogens is 2. The summed E-state index contributed by atoms with van der Waals surface area (Å²) in [7, 11) is 0. The Morgan fingerprint density at radius 3 is 2.75 bits per heavy atom. The van der Waals surface area contributed by atoms with E-state index in [0.717, 1.165) is 25.6 Å². The Hall–Kier alpha value is -2.36. The highest BCUT2D eigenvalue weighted by atomic mass is 19.2. The van der Waals surface area contributed by atoms with E-state index in [1.165, 1.54) is 6.07 Å². The lowest BCUT2D eigenvalue weighted by Crippen LogP contribution is -2.46. The standard InChI is InChI=1S/C18H21F2N3O2.CH2O2/c19-16-2-1-12(7-17(16)20)18-21-4-5-23(18)13-8-14-11-25-15(3-6-24)10-22(14)9-13;2-1-3/h1-2,4-5,7,13-15,24H,3,6,8-11H2;1H,(H,2,3)/t13-,14+,15+;/m1./s1. The Bertz CT molecular complexity index is 801. The number of rotatable bonds is 4. The largest absolute Gasteiger partial charge is 0.483 e. The molecule has 2 aliphatic heterocycles. The number of ether oxygens (including phenoxy) is 1. The zero-order valence-corrected chi connectivity index (χ0v) is 15.2. The van der Waals surface area contributed by atoms with Crippen molar-refractivity contribution in [3.8, 4) is 11.4 Å². The summed E-state index contributed by atoms with van der Waals surface area (Å²) in [5.74, 6) is -1.07. The molecule has 3 heterocycles. The maximum absolute atomic E-state index is 13.6. The molecule has 7 nitrogen and oxygen atoms in total. The number of carbonyl (C=O) groups is 1. The summed E-state index contributed by atoms with van der Waals surface area (Å²) in [5, 5.41) is 16.0. The topological polar surface area (TPSA) is 87.8 Å². The van der Waals surface area contributed by atoms with Crippen LogP contribution >= 0.6 is 0 Å². The molecule has 0 aliphatic carbocycles. The number of hydrogen-bond acceptors (Lipinski definition) is 5. The molecule has 2 aliphatic rings. The van der Waals surface area contributed by atoms with Gasteiger partial charge in [-0.3, -0.25) is 9.69 Å². The van der Waals surface area contributed by atoms with E-state index < -0.39 is 11.6 Å². The van der Waals surface area contributed by atoms with E-state index in [2.05, 4.69) is 9.88 Å². The van der Waals surface area contributed by atoms with Crippen molar-refractivity contribution in [1.82, 2.24) is 14.5 Å². The van der Waals surface area contributed by atoms with Crippen molar-refractivity contribution < 1.29 is 28.5 Å². The van der Waals surface area contributed by atoms with Crippen molar-refractivity contribution in [2.24, 2.45) is 0 Å². The first-order valence-electron chi connectivity index (χ1n) is 9.10. The van der Waals surface area contributed by atoms with Crippen molar-refractivity contribution in [2.45, 2.75) is 31.0 Å². The fourth-order valence-electron chi connectivity index (χ4n) is 3.90. The molecular weight excluding hydrogens is 372 g/mol. The maximum Gasteiger partial charge on any atom is 0.290 e. The van der Waals surface area contributed by atoms with E-state index in [4.69, 9.17) is 19.7 Å². The second-order valence-electron chi connectivity index (χ2n) is 6.86. The van der Waals surface area contributed by atoms with E-state index >= 15 is 0 Å². The molecule has 0 bridgehead atoms. The van der Waals surface area contributed by atoms with Crippen LogP contribution in [-0.4, -0.2) is 69.6 Å². The van der Waals surface area contributed by atoms with Crippen molar-refractivity contribution in [2.75, 3.05) is 26.3 Å². The smallest absolute Gasteiger partial charge is 0.290 e. The molecule has 4 rings (SSSR count). The molecule has 1 aromatic carbocycles. The van der Waals surface area contributed by atoms with Gasteiger partial charge < -0.3 is 19.5 Å². The van der Waals surface area contributed by atoms with Gasteiger partial charge in [0.1, 0.15) is 5.82 Å². The molecule has 2 aromatic rings. The number of aliphatic hydroxyl groups is 1. The first-order valence-corrected chi connectivity index (χ1v) is 9.10. The van der Waals surface area contributed by atoms with Crippen LogP contribution in [0.25, 0.3) is 11.4 Å². The van der Waals surface area contributed by atoms with Gasteiger partial charge in [0.05, 0.1) is 12.7 Å². The van der Waals surface area contributed by atoms with Gasteiger partial charge in [-0.1, -0.05) is 0 Å². The number of benzene rings is 1. The molecule has 28 heavy (non-hydrogen) atoms. The van der Waals surface area contributed by atoms with Crippen LogP contribution in [0.4, 0.5) is 8.78 Å². The maximum atomic E-state index is 13.6. The summed E-state index contributed by atoms with van der Waals surface area (Å²) in [6.07, 6.45) is 5.25. The second kappa shape index (κ2) is 9.22. The van der Waals surface area contributed by atoms with Crippen LogP contribution in [0.2, 0.25) is 0 Å². The molecular formula is C19H23F2N3O4. The lowest BCUT2D eigenvalue weighted by atomic mass is 10.1. The Kier molecular flexibility index (Phi) is 6.71. The summed E-state index contributed by atoms with van der Waals surface area (Å²) in [5.41, 5.74) is 0.572. The monoisotopic (exact) mass is 395 g/mol. The molecule has 1 aromatic heterocycles. The van der Waals surface area contributed by atoms with E-state index in [9.17, 15) is 8.78 Å². The van der Waals surface area contributed by atoms with Crippen LogP contribution in [-0.2, 0) is 9.53 Å². The predicted octanol–water partition coefficient (Wildman–Crippen LogP) is 1.93. The average Bonchev–Trinajstić information content (AvgIpc) is 3.31. The van der Waals surface area contributed by atoms with Crippen LogP contribution in [0.5, 0.6) is 0 Å². The van der Waals surface area contributed by atoms with Crippen molar-refractivity contribution in [3.05, 3.63) is 42.2 Å². The quantitative estimate of drug-likeness (QED) is 0.770. The Morgan fingerprint density at radius 1 is 1.25 bits per heavy atom. The van der Waals surface area contributed by atoms with Gasteiger partial charge in [-0.15, -0.1) is 0 Å². The Morgan fingerprint density at radius 2 is 2.04 bits per heavy atom. The van der Waals surface area contributed by atoms with Gasteiger partial charge in [-0.25, -0.2) is 13.8 Å². The second-order valence-corrected chi connectivity index (χ2v) is 6.86. The van der Waals surface area contributed by atoms with Gasteiger partial charge in [-0.05, 0) is 31.0 Å².